The highest BCUT2D eigenvalue weighted by molar-refractivity contribution is 5.91. The number of fused-ring (bicyclic) bond motifs is 1. The molecule has 126 valence electrons. The van der Waals surface area contributed by atoms with Crippen molar-refractivity contribution in [2.75, 3.05) is 19.0 Å². The molecule has 1 atom stereocenters. The van der Waals surface area contributed by atoms with Crippen LogP contribution in [0.15, 0.2) is 24.5 Å². The number of ether oxygens (including phenoxy) is 1. The molecular formula is C15H16FN5O3. The lowest BCUT2D eigenvalue weighted by atomic mass is 9.96. The van der Waals surface area contributed by atoms with E-state index in [1.54, 1.807) is 6.07 Å². The summed E-state index contributed by atoms with van der Waals surface area (Å²) < 4.78 is 20.1. The molecule has 1 aliphatic heterocycles. The third-order valence-electron chi connectivity index (χ3n) is 3.66. The quantitative estimate of drug-likeness (QED) is 0.841. The molecule has 3 rings (SSSR count). The Labute approximate surface area is 137 Å². The number of hydrogen-bond donors (Lipinski definition) is 2. The van der Waals surface area contributed by atoms with Gasteiger partial charge < -0.3 is 10.1 Å². The van der Waals surface area contributed by atoms with Crippen LogP contribution in [0.5, 0.6) is 5.75 Å². The summed E-state index contributed by atoms with van der Waals surface area (Å²) >= 11 is 0. The van der Waals surface area contributed by atoms with Crippen LogP contribution in [-0.2, 0) is 22.6 Å². The molecule has 0 fully saturated rings. The minimum atomic E-state index is -0.467. The molecule has 2 aromatic rings. The first-order chi connectivity index (χ1) is 11.5. The van der Waals surface area contributed by atoms with Crippen molar-refractivity contribution in [3.63, 3.8) is 0 Å². The number of hydrogen-bond acceptors (Lipinski definition) is 5. The zero-order valence-corrected chi connectivity index (χ0v) is 13.0. The highest BCUT2D eigenvalue weighted by atomic mass is 19.1. The van der Waals surface area contributed by atoms with Gasteiger partial charge in [0.1, 0.15) is 31.0 Å². The van der Waals surface area contributed by atoms with Gasteiger partial charge in [0, 0.05) is 7.05 Å². The number of carbonyl (C=O) groups is 2. The first-order valence-electron chi connectivity index (χ1n) is 7.37. The number of nitrogens with one attached hydrogen (secondary N) is 2. The average molecular weight is 333 g/mol. The molecule has 0 aliphatic carbocycles. The normalized spacial score (nSPS) is 16.0. The zero-order valence-electron chi connectivity index (χ0n) is 13.0. The van der Waals surface area contributed by atoms with Gasteiger partial charge in [-0.2, -0.15) is 0 Å². The summed E-state index contributed by atoms with van der Waals surface area (Å²) in [5, 5.41) is 9.05. The number of aromatic nitrogens is 3. The fourth-order valence-corrected chi connectivity index (χ4v) is 2.40. The maximum Gasteiger partial charge on any atom is 0.248 e. The Morgan fingerprint density at radius 3 is 3.08 bits per heavy atom. The first kappa shape index (κ1) is 15.9. The summed E-state index contributed by atoms with van der Waals surface area (Å²) in [5.41, 5.74) is 0.652. The van der Waals surface area contributed by atoms with Crippen molar-refractivity contribution in [3.05, 3.63) is 35.9 Å². The van der Waals surface area contributed by atoms with Gasteiger partial charge in [0.25, 0.3) is 0 Å². The van der Waals surface area contributed by atoms with Crippen LogP contribution < -0.4 is 15.4 Å². The highest BCUT2D eigenvalue weighted by Gasteiger charge is 2.27. The maximum absolute atomic E-state index is 13.3. The summed E-state index contributed by atoms with van der Waals surface area (Å²) in [6.07, 6.45) is 1.73. The predicted molar refractivity (Wildman–Crippen MR) is 81.8 cm³/mol. The fraction of sp³-hybridized carbons (Fsp3) is 0.333. The van der Waals surface area contributed by atoms with E-state index in [4.69, 9.17) is 4.74 Å². The Kier molecular flexibility index (Phi) is 4.41. The summed E-state index contributed by atoms with van der Waals surface area (Å²) in [6, 6.07) is 4.24. The predicted octanol–water partition coefficient (Wildman–Crippen LogP) is 0.353. The molecule has 2 amide bonds. The minimum Gasteiger partial charge on any atom is -0.492 e. The van der Waals surface area contributed by atoms with E-state index in [9.17, 15) is 14.0 Å². The van der Waals surface area contributed by atoms with Gasteiger partial charge in [-0.05, 0) is 30.2 Å². The third-order valence-corrected chi connectivity index (χ3v) is 3.66. The van der Waals surface area contributed by atoms with Crippen molar-refractivity contribution in [2.24, 2.45) is 5.92 Å². The molecule has 0 saturated carbocycles. The van der Waals surface area contributed by atoms with Crippen molar-refractivity contribution < 1.29 is 18.7 Å². The van der Waals surface area contributed by atoms with Gasteiger partial charge in [0.2, 0.25) is 17.8 Å². The second-order valence-corrected chi connectivity index (χ2v) is 5.39. The molecular weight excluding hydrogens is 317 g/mol. The zero-order chi connectivity index (χ0) is 17.1. The van der Waals surface area contributed by atoms with Gasteiger partial charge in [-0.25, -0.2) is 14.1 Å². The highest BCUT2D eigenvalue weighted by Crippen LogP contribution is 2.28. The number of anilines is 1. The van der Waals surface area contributed by atoms with Gasteiger partial charge in [-0.1, -0.05) is 0 Å². The molecule has 0 spiro atoms. The monoisotopic (exact) mass is 333 g/mol. The molecule has 8 nitrogen and oxygen atoms in total. The second-order valence-electron chi connectivity index (χ2n) is 5.39. The molecule has 2 N–H and O–H groups in total. The molecule has 0 radical (unpaired) electrons. The van der Waals surface area contributed by atoms with Crippen LogP contribution in [0.2, 0.25) is 0 Å². The van der Waals surface area contributed by atoms with Crippen LogP contribution in [0.3, 0.4) is 0 Å². The van der Waals surface area contributed by atoms with Crippen LogP contribution >= 0.6 is 0 Å². The molecule has 0 saturated heterocycles. The topological polar surface area (TPSA) is 98.1 Å². The van der Waals surface area contributed by atoms with E-state index in [1.807, 2.05) is 0 Å². The lowest BCUT2D eigenvalue weighted by molar-refractivity contribution is -0.121. The molecule has 1 aliphatic rings. The lowest BCUT2D eigenvalue weighted by Gasteiger charge is -2.24. The van der Waals surface area contributed by atoms with Gasteiger partial charge in [0.15, 0.2) is 0 Å². The number of nitrogens with zero attached hydrogens (tertiary/aromatic N) is 3. The number of carbonyl (C=O) groups excluding carboxylic acids is 2. The molecule has 1 aromatic carbocycles. The third kappa shape index (κ3) is 3.50. The van der Waals surface area contributed by atoms with Crippen molar-refractivity contribution in [1.82, 2.24) is 20.1 Å². The Morgan fingerprint density at radius 2 is 2.29 bits per heavy atom. The van der Waals surface area contributed by atoms with Crippen LogP contribution in [-0.4, -0.2) is 40.2 Å². The SMILES string of the molecule is CNC(=O)Cn1cnc(NC(=O)[C@H]2COc3ccc(F)cc3C2)n1. The van der Waals surface area contributed by atoms with Crippen molar-refractivity contribution in [1.29, 1.82) is 0 Å². The van der Waals surface area contributed by atoms with E-state index < -0.39 is 5.92 Å². The van der Waals surface area contributed by atoms with Crippen molar-refractivity contribution in [3.8, 4) is 5.75 Å². The molecule has 0 bridgehead atoms. The Balaban J connectivity index is 1.62. The van der Waals surface area contributed by atoms with E-state index >= 15 is 0 Å². The first-order valence-corrected chi connectivity index (χ1v) is 7.37. The Bertz CT molecular complexity index is 776. The average Bonchev–Trinajstić information content (AvgIpc) is 3.00. The Hall–Kier alpha value is -2.97. The van der Waals surface area contributed by atoms with Crippen LogP contribution in [0.25, 0.3) is 0 Å². The van der Waals surface area contributed by atoms with Gasteiger partial charge in [0.05, 0.1) is 5.92 Å². The summed E-state index contributed by atoms with van der Waals surface area (Å²) in [5.74, 6) is -0.680. The summed E-state index contributed by atoms with van der Waals surface area (Å²) in [6.45, 7) is 0.210. The van der Waals surface area contributed by atoms with Gasteiger partial charge >= 0.3 is 0 Å². The van der Waals surface area contributed by atoms with Crippen molar-refractivity contribution >= 4 is 17.8 Å². The van der Waals surface area contributed by atoms with E-state index in [2.05, 4.69) is 20.7 Å². The van der Waals surface area contributed by atoms with E-state index in [0.717, 1.165) is 0 Å². The smallest absolute Gasteiger partial charge is 0.248 e. The second kappa shape index (κ2) is 6.65. The van der Waals surface area contributed by atoms with E-state index in [0.29, 0.717) is 17.7 Å². The van der Waals surface area contributed by atoms with Crippen LogP contribution in [0, 0.1) is 11.7 Å². The summed E-state index contributed by atoms with van der Waals surface area (Å²) in [7, 11) is 1.52. The minimum absolute atomic E-state index is 0.0125. The molecule has 0 unspecified atom stereocenters. The number of halogens is 1. The fourth-order valence-electron chi connectivity index (χ4n) is 2.40. The number of amides is 2. The largest absolute Gasteiger partial charge is 0.492 e. The maximum atomic E-state index is 13.3. The Morgan fingerprint density at radius 1 is 1.46 bits per heavy atom. The van der Waals surface area contributed by atoms with Gasteiger partial charge in [-0.3, -0.25) is 14.9 Å². The number of benzene rings is 1. The van der Waals surface area contributed by atoms with Gasteiger partial charge in [-0.15, -0.1) is 5.10 Å². The number of likely N-dealkylation sites (N-methyl/N-ethyl adjacent to an activating group) is 1. The van der Waals surface area contributed by atoms with Crippen molar-refractivity contribution in [2.45, 2.75) is 13.0 Å². The van der Waals surface area contributed by atoms with Crippen LogP contribution in [0.1, 0.15) is 5.56 Å². The number of rotatable bonds is 4. The van der Waals surface area contributed by atoms with Crippen LogP contribution in [0.4, 0.5) is 10.3 Å². The standard InChI is InChI=1S/C15H16FN5O3/c1-17-13(22)6-21-8-18-15(20-21)19-14(23)10-4-9-5-11(16)2-3-12(9)24-7-10/h2-3,5,8,10H,4,6-7H2,1H3,(H,17,22)(H,19,20,23)/t10-/m1/s1. The molecule has 24 heavy (non-hydrogen) atoms. The van der Waals surface area contributed by atoms with E-state index in [-0.39, 0.29) is 36.7 Å². The van der Waals surface area contributed by atoms with E-state index in [1.165, 1.54) is 30.2 Å². The molecule has 1 aromatic heterocycles. The molecule has 9 heteroatoms. The summed E-state index contributed by atoms with van der Waals surface area (Å²) in [4.78, 5) is 27.5. The lowest BCUT2D eigenvalue weighted by Crippen LogP contribution is -2.33. The molecule has 2 heterocycles.